The van der Waals surface area contributed by atoms with Gasteiger partial charge in [0.2, 0.25) is 15.9 Å². The standard InChI is InChI=1S/C20H22FN3O3S/c1-15-6-8-18(9-7-15)28(26,27)24-12-10-16(11-13-24)20(25)23-22-14-17-4-2-3-5-19(17)21/h2-9,14,16H,10-13H2,1H3,(H,23,25). The SMILES string of the molecule is Cc1ccc(S(=O)(=O)N2CCC(C(=O)NN=Cc3ccccc3F)CC2)cc1. The third-order valence-electron chi connectivity index (χ3n) is 4.77. The molecular formula is C20H22FN3O3S. The van der Waals surface area contributed by atoms with Gasteiger partial charge in [-0.15, -0.1) is 0 Å². The van der Waals surface area contributed by atoms with Gasteiger partial charge < -0.3 is 0 Å². The second-order valence-corrected chi connectivity index (χ2v) is 8.69. The quantitative estimate of drug-likeness (QED) is 0.616. The summed E-state index contributed by atoms with van der Waals surface area (Å²) < 4.78 is 40.3. The Morgan fingerprint density at radius 2 is 1.79 bits per heavy atom. The van der Waals surface area contributed by atoms with Gasteiger partial charge in [-0.05, 0) is 38.0 Å². The number of rotatable bonds is 5. The van der Waals surface area contributed by atoms with Gasteiger partial charge in [-0.1, -0.05) is 35.9 Å². The number of nitrogens with one attached hydrogen (secondary N) is 1. The Bertz CT molecular complexity index is 966. The van der Waals surface area contributed by atoms with Crippen LogP contribution in [-0.2, 0) is 14.8 Å². The molecule has 0 unspecified atom stereocenters. The van der Waals surface area contributed by atoms with Crippen molar-refractivity contribution in [3.8, 4) is 0 Å². The van der Waals surface area contributed by atoms with Crippen molar-refractivity contribution < 1.29 is 17.6 Å². The number of carbonyl (C=O) groups excluding carboxylic acids is 1. The molecule has 1 aliphatic rings. The van der Waals surface area contributed by atoms with Gasteiger partial charge in [0.05, 0.1) is 11.1 Å². The molecule has 0 saturated carbocycles. The molecule has 2 aromatic rings. The van der Waals surface area contributed by atoms with Crippen molar-refractivity contribution in [2.24, 2.45) is 11.0 Å². The molecule has 1 amide bonds. The van der Waals surface area contributed by atoms with Gasteiger partial charge in [0.25, 0.3) is 0 Å². The van der Waals surface area contributed by atoms with Crippen molar-refractivity contribution >= 4 is 22.1 Å². The number of sulfonamides is 1. The van der Waals surface area contributed by atoms with Crippen LogP contribution in [0.4, 0.5) is 4.39 Å². The number of benzene rings is 2. The van der Waals surface area contributed by atoms with E-state index in [0.717, 1.165) is 5.56 Å². The number of piperidine rings is 1. The van der Waals surface area contributed by atoms with Gasteiger partial charge >= 0.3 is 0 Å². The summed E-state index contributed by atoms with van der Waals surface area (Å²) in [5.41, 5.74) is 3.69. The third kappa shape index (κ3) is 4.63. The maximum Gasteiger partial charge on any atom is 0.243 e. The number of carbonyl (C=O) groups is 1. The molecule has 28 heavy (non-hydrogen) atoms. The normalized spacial score (nSPS) is 16.4. The lowest BCUT2D eigenvalue weighted by molar-refractivity contribution is -0.126. The van der Waals surface area contributed by atoms with Crippen LogP contribution in [0.2, 0.25) is 0 Å². The summed E-state index contributed by atoms with van der Waals surface area (Å²) >= 11 is 0. The predicted octanol–water partition coefficient (Wildman–Crippen LogP) is 2.69. The van der Waals surface area contributed by atoms with E-state index in [1.54, 1.807) is 42.5 Å². The molecule has 0 aliphatic carbocycles. The van der Waals surface area contributed by atoms with Crippen LogP contribution in [0.1, 0.15) is 24.0 Å². The van der Waals surface area contributed by atoms with Crippen LogP contribution in [-0.4, -0.2) is 37.9 Å². The van der Waals surface area contributed by atoms with Gasteiger partial charge in [-0.25, -0.2) is 18.2 Å². The first-order chi connectivity index (χ1) is 13.4. The summed E-state index contributed by atoms with van der Waals surface area (Å²) in [7, 11) is -3.56. The molecule has 0 spiro atoms. The largest absolute Gasteiger partial charge is 0.273 e. The fourth-order valence-corrected chi connectivity index (χ4v) is 4.52. The molecule has 0 atom stereocenters. The average molecular weight is 403 g/mol. The average Bonchev–Trinajstić information content (AvgIpc) is 2.70. The summed E-state index contributed by atoms with van der Waals surface area (Å²) in [5, 5.41) is 3.80. The Labute approximate surface area is 164 Å². The minimum atomic E-state index is -3.56. The molecule has 2 aromatic carbocycles. The molecule has 0 aromatic heterocycles. The van der Waals surface area contributed by atoms with Crippen LogP contribution in [0.25, 0.3) is 0 Å². The van der Waals surface area contributed by atoms with Crippen LogP contribution in [0.3, 0.4) is 0 Å². The first-order valence-corrected chi connectivity index (χ1v) is 10.5. The van der Waals surface area contributed by atoms with Gasteiger partial charge in [0, 0.05) is 24.6 Å². The maximum atomic E-state index is 13.5. The number of nitrogens with zero attached hydrogens (tertiary/aromatic N) is 2. The number of hydrogen-bond acceptors (Lipinski definition) is 4. The highest BCUT2D eigenvalue weighted by Gasteiger charge is 2.31. The van der Waals surface area contributed by atoms with Crippen molar-refractivity contribution in [2.45, 2.75) is 24.7 Å². The zero-order valence-corrected chi connectivity index (χ0v) is 16.3. The van der Waals surface area contributed by atoms with E-state index in [2.05, 4.69) is 10.5 Å². The molecule has 8 heteroatoms. The minimum Gasteiger partial charge on any atom is -0.273 e. The first kappa shape index (κ1) is 20.2. The Hall–Kier alpha value is -2.58. The first-order valence-electron chi connectivity index (χ1n) is 9.02. The topological polar surface area (TPSA) is 78.8 Å². The molecule has 3 rings (SSSR count). The Balaban J connectivity index is 1.55. The molecule has 1 saturated heterocycles. The van der Waals surface area contributed by atoms with Crippen LogP contribution in [0, 0.1) is 18.7 Å². The molecule has 1 heterocycles. The van der Waals surface area contributed by atoms with Gasteiger partial charge in [-0.3, -0.25) is 4.79 Å². The highest BCUT2D eigenvalue weighted by atomic mass is 32.2. The van der Waals surface area contributed by atoms with Gasteiger partial charge in [-0.2, -0.15) is 9.41 Å². The molecule has 1 fully saturated rings. The molecule has 6 nitrogen and oxygen atoms in total. The highest BCUT2D eigenvalue weighted by molar-refractivity contribution is 7.89. The van der Waals surface area contributed by atoms with E-state index in [0.29, 0.717) is 12.8 Å². The Kier molecular flexibility index (Phi) is 6.21. The number of hydrazone groups is 1. The second-order valence-electron chi connectivity index (χ2n) is 6.75. The number of halogens is 1. The van der Waals surface area contributed by atoms with Gasteiger partial charge in [0.15, 0.2) is 0 Å². The molecule has 1 aliphatic heterocycles. The van der Waals surface area contributed by atoms with Gasteiger partial charge in [0.1, 0.15) is 5.82 Å². The summed E-state index contributed by atoms with van der Waals surface area (Å²) in [4.78, 5) is 12.5. The van der Waals surface area contributed by atoms with Crippen molar-refractivity contribution in [1.82, 2.24) is 9.73 Å². The summed E-state index contributed by atoms with van der Waals surface area (Å²) in [6.45, 7) is 2.44. The van der Waals surface area contributed by atoms with Crippen LogP contribution in [0.15, 0.2) is 58.5 Å². The zero-order chi connectivity index (χ0) is 20.1. The van der Waals surface area contributed by atoms with Crippen molar-refractivity contribution in [3.63, 3.8) is 0 Å². The smallest absolute Gasteiger partial charge is 0.243 e. The Morgan fingerprint density at radius 3 is 2.43 bits per heavy atom. The molecule has 148 valence electrons. The van der Waals surface area contributed by atoms with Crippen molar-refractivity contribution in [1.29, 1.82) is 0 Å². The monoisotopic (exact) mass is 403 g/mol. The fraction of sp³-hybridized carbons (Fsp3) is 0.300. The second kappa shape index (κ2) is 8.62. The fourth-order valence-electron chi connectivity index (χ4n) is 3.05. The number of hydrogen-bond donors (Lipinski definition) is 1. The zero-order valence-electron chi connectivity index (χ0n) is 15.5. The molecule has 0 radical (unpaired) electrons. The lowest BCUT2D eigenvalue weighted by atomic mass is 9.98. The highest BCUT2D eigenvalue weighted by Crippen LogP contribution is 2.24. The molecule has 1 N–H and O–H groups in total. The van der Waals surface area contributed by atoms with E-state index in [4.69, 9.17) is 0 Å². The van der Waals surface area contributed by atoms with E-state index in [9.17, 15) is 17.6 Å². The van der Waals surface area contributed by atoms with E-state index in [1.807, 2.05) is 6.92 Å². The predicted molar refractivity (Wildman–Crippen MR) is 105 cm³/mol. The van der Waals surface area contributed by atoms with Crippen molar-refractivity contribution in [2.75, 3.05) is 13.1 Å². The van der Waals surface area contributed by atoms with E-state index < -0.39 is 15.8 Å². The van der Waals surface area contributed by atoms with E-state index in [-0.39, 0.29) is 35.4 Å². The summed E-state index contributed by atoms with van der Waals surface area (Å²) in [6, 6.07) is 12.8. The van der Waals surface area contributed by atoms with E-state index in [1.165, 1.54) is 16.6 Å². The van der Waals surface area contributed by atoms with Crippen LogP contribution < -0.4 is 5.43 Å². The van der Waals surface area contributed by atoms with E-state index >= 15 is 0 Å². The third-order valence-corrected chi connectivity index (χ3v) is 6.68. The summed E-state index contributed by atoms with van der Waals surface area (Å²) in [5.74, 6) is -1.04. The lowest BCUT2D eigenvalue weighted by Gasteiger charge is -2.30. The maximum absolute atomic E-state index is 13.5. The summed E-state index contributed by atoms with van der Waals surface area (Å²) in [6.07, 6.45) is 2.07. The van der Waals surface area contributed by atoms with Crippen LogP contribution >= 0.6 is 0 Å². The van der Waals surface area contributed by atoms with Crippen molar-refractivity contribution in [3.05, 3.63) is 65.5 Å². The lowest BCUT2D eigenvalue weighted by Crippen LogP contribution is -2.42. The number of aryl methyl sites for hydroxylation is 1. The number of amides is 1. The van der Waals surface area contributed by atoms with Crippen LogP contribution in [0.5, 0.6) is 0 Å². The Morgan fingerprint density at radius 1 is 1.14 bits per heavy atom. The minimum absolute atomic E-state index is 0.260. The molecule has 0 bridgehead atoms. The molecular weight excluding hydrogens is 381 g/mol.